The molecule has 2 aromatic rings. The second-order valence-corrected chi connectivity index (χ2v) is 6.66. The second-order valence-electron chi connectivity index (χ2n) is 5.89. The van der Waals surface area contributed by atoms with Crippen LogP contribution in [0.3, 0.4) is 0 Å². The molecule has 0 saturated carbocycles. The maximum atomic E-state index is 12.9. The van der Waals surface area contributed by atoms with E-state index in [0.717, 1.165) is 11.6 Å². The first-order valence-electron chi connectivity index (χ1n) is 7.57. The third-order valence-electron chi connectivity index (χ3n) is 4.31. The molecule has 2 atom stereocenters. The third kappa shape index (κ3) is 2.81. The van der Waals surface area contributed by atoms with Crippen LogP contribution in [-0.2, 0) is 4.79 Å². The predicted molar refractivity (Wildman–Crippen MR) is 87.8 cm³/mol. The van der Waals surface area contributed by atoms with Crippen molar-refractivity contribution in [3.8, 4) is 0 Å². The van der Waals surface area contributed by atoms with Crippen LogP contribution in [0, 0.1) is 5.92 Å². The van der Waals surface area contributed by atoms with Gasteiger partial charge in [-0.1, -0.05) is 24.8 Å². The number of likely N-dealkylation sites (tertiary alicyclic amines) is 1. The lowest BCUT2D eigenvalue weighted by Gasteiger charge is -2.35. The molecule has 1 N–H and O–H groups in total. The van der Waals surface area contributed by atoms with Crippen molar-refractivity contribution in [3.05, 3.63) is 30.1 Å². The van der Waals surface area contributed by atoms with E-state index in [1.54, 1.807) is 0 Å². The van der Waals surface area contributed by atoms with Crippen LogP contribution in [0.15, 0.2) is 29.6 Å². The number of carbonyl (C=O) groups is 2. The number of carbonyl (C=O) groups excluding carboxylic acids is 1. The summed E-state index contributed by atoms with van der Waals surface area (Å²) < 4.78 is 1.86. The summed E-state index contributed by atoms with van der Waals surface area (Å²) in [5.41, 5.74) is 1.04. The van der Waals surface area contributed by atoms with Gasteiger partial charge in [0, 0.05) is 12.7 Å². The van der Waals surface area contributed by atoms with Crippen LogP contribution in [0.1, 0.15) is 30.3 Å². The van der Waals surface area contributed by atoms with Gasteiger partial charge in [-0.3, -0.25) is 9.20 Å². The van der Waals surface area contributed by atoms with Crippen LogP contribution in [0.2, 0.25) is 0 Å². The lowest BCUT2D eigenvalue weighted by molar-refractivity contribution is -0.144. The Kier molecular flexibility index (Phi) is 4.30. The van der Waals surface area contributed by atoms with Crippen LogP contribution in [0.5, 0.6) is 0 Å². The average Bonchev–Trinajstić information content (AvgIpc) is 2.93. The standard InChI is InChI=1S/C16H19N3O3S/c1-10-6-8-18(12(9-10)15(21)22)14(20)13-11-5-3-4-7-19(11)16(17-13)23-2/h3-5,7,10,12H,6,8-9H2,1-2H3,(H,21,22). The van der Waals surface area contributed by atoms with Crippen molar-refractivity contribution in [1.82, 2.24) is 14.3 Å². The molecule has 1 aliphatic rings. The minimum absolute atomic E-state index is 0.298. The summed E-state index contributed by atoms with van der Waals surface area (Å²) in [6, 6.07) is 4.79. The fourth-order valence-corrected chi connectivity index (χ4v) is 3.60. The first-order chi connectivity index (χ1) is 11.0. The number of pyridine rings is 1. The van der Waals surface area contributed by atoms with Crippen molar-refractivity contribution in [3.63, 3.8) is 0 Å². The molecule has 7 heteroatoms. The number of carboxylic acids is 1. The number of piperidine rings is 1. The molecule has 3 rings (SSSR count). The number of amides is 1. The Labute approximate surface area is 138 Å². The van der Waals surface area contributed by atoms with Crippen LogP contribution < -0.4 is 0 Å². The molecule has 1 aliphatic heterocycles. The van der Waals surface area contributed by atoms with Crippen LogP contribution in [0.25, 0.3) is 5.52 Å². The van der Waals surface area contributed by atoms with Crippen LogP contribution in [0.4, 0.5) is 0 Å². The Morgan fingerprint density at radius 2 is 2.17 bits per heavy atom. The van der Waals surface area contributed by atoms with Gasteiger partial charge in [-0.2, -0.15) is 0 Å². The number of aromatic nitrogens is 2. The summed E-state index contributed by atoms with van der Waals surface area (Å²) in [7, 11) is 0. The van der Waals surface area contributed by atoms with Crippen molar-refractivity contribution in [2.45, 2.75) is 31.0 Å². The molecular formula is C16H19N3O3S. The van der Waals surface area contributed by atoms with Crippen molar-refractivity contribution in [1.29, 1.82) is 0 Å². The van der Waals surface area contributed by atoms with Gasteiger partial charge in [-0.15, -0.1) is 0 Å². The zero-order valence-electron chi connectivity index (χ0n) is 13.1. The number of hydrogen-bond donors (Lipinski definition) is 1. The smallest absolute Gasteiger partial charge is 0.326 e. The van der Waals surface area contributed by atoms with E-state index in [1.165, 1.54) is 16.7 Å². The summed E-state index contributed by atoms with van der Waals surface area (Å²) in [5.74, 6) is -0.938. The van der Waals surface area contributed by atoms with Gasteiger partial charge in [-0.25, -0.2) is 9.78 Å². The van der Waals surface area contributed by atoms with E-state index < -0.39 is 12.0 Å². The van der Waals surface area contributed by atoms with Crippen molar-refractivity contribution in [2.75, 3.05) is 12.8 Å². The van der Waals surface area contributed by atoms with Crippen molar-refractivity contribution in [2.24, 2.45) is 5.92 Å². The number of rotatable bonds is 3. The first kappa shape index (κ1) is 15.9. The second kappa shape index (κ2) is 6.23. The highest BCUT2D eigenvalue weighted by Gasteiger charge is 2.36. The molecule has 2 unspecified atom stereocenters. The molecular weight excluding hydrogens is 314 g/mol. The number of hydrogen-bond acceptors (Lipinski definition) is 4. The van der Waals surface area contributed by atoms with Crippen LogP contribution >= 0.6 is 11.8 Å². The van der Waals surface area contributed by atoms with Gasteiger partial charge in [0.25, 0.3) is 5.91 Å². The minimum Gasteiger partial charge on any atom is -0.480 e. The Hall–Kier alpha value is -2.02. The van der Waals surface area contributed by atoms with Gasteiger partial charge in [0.15, 0.2) is 10.9 Å². The van der Waals surface area contributed by atoms with Gasteiger partial charge in [0.05, 0.1) is 5.52 Å². The molecule has 0 spiro atoms. The lowest BCUT2D eigenvalue weighted by Crippen LogP contribution is -2.49. The Balaban J connectivity index is 2.01. The summed E-state index contributed by atoms with van der Waals surface area (Å²) in [6.45, 7) is 2.48. The maximum Gasteiger partial charge on any atom is 0.326 e. The van der Waals surface area contributed by atoms with E-state index in [1.807, 2.05) is 42.0 Å². The van der Waals surface area contributed by atoms with Gasteiger partial charge in [0.2, 0.25) is 0 Å². The van der Waals surface area contributed by atoms with Gasteiger partial charge >= 0.3 is 5.97 Å². The zero-order valence-corrected chi connectivity index (χ0v) is 13.9. The topological polar surface area (TPSA) is 74.9 Å². The van der Waals surface area contributed by atoms with Crippen LogP contribution in [-0.4, -0.2) is 50.1 Å². The van der Waals surface area contributed by atoms with Gasteiger partial charge in [-0.05, 0) is 37.1 Å². The molecule has 0 aromatic carbocycles. The van der Waals surface area contributed by atoms with Gasteiger partial charge in [0.1, 0.15) is 6.04 Å². The molecule has 23 heavy (non-hydrogen) atoms. The Bertz CT molecular complexity index is 758. The quantitative estimate of drug-likeness (QED) is 0.873. The Morgan fingerprint density at radius 3 is 2.87 bits per heavy atom. The zero-order chi connectivity index (χ0) is 16.6. The average molecular weight is 333 g/mol. The normalized spacial score (nSPS) is 21.6. The number of aliphatic carboxylic acids is 1. The third-order valence-corrected chi connectivity index (χ3v) is 4.96. The highest BCUT2D eigenvalue weighted by molar-refractivity contribution is 7.98. The molecule has 1 fully saturated rings. The molecule has 1 saturated heterocycles. The predicted octanol–water partition coefficient (Wildman–Crippen LogP) is 2.38. The van der Waals surface area contributed by atoms with E-state index in [-0.39, 0.29) is 5.91 Å². The van der Waals surface area contributed by atoms with Gasteiger partial charge < -0.3 is 10.0 Å². The largest absolute Gasteiger partial charge is 0.480 e. The Morgan fingerprint density at radius 1 is 1.39 bits per heavy atom. The number of imidazole rings is 1. The number of fused-ring (bicyclic) bond motifs is 1. The fraction of sp³-hybridized carbons (Fsp3) is 0.438. The summed E-state index contributed by atoms with van der Waals surface area (Å²) in [4.78, 5) is 30.4. The number of nitrogens with zero attached hydrogens (tertiary/aromatic N) is 3. The highest BCUT2D eigenvalue weighted by Crippen LogP contribution is 2.27. The van der Waals surface area contributed by atoms with E-state index in [9.17, 15) is 14.7 Å². The molecule has 122 valence electrons. The summed E-state index contributed by atoms with van der Waals surface area (Å²) in [5, 5.41) is 10.2. The molecule has 3 heterocycles. The van der Waals surface area contributed by atoms with E-state index in [0.29, 0.717) is 30.1 Å². The van der Waals surface area contributed by atoms with E-state index in [4.69, 9.17) is 0 Å². The maximum absolute atomic E-state index is 12.9. The van der Waals surface area contributed by atoms with E-state index >= 15 is 0 Å². The van der Waals surface area contributed by atoms with Crippen molar-refractivity contribution < 1.29 is 14.7 Å². The number of carboxylic acid groups (broad SMARTS) is 1. The summed E-state index contributed by atoms with van der Waals surface area (Å²) >= 11 is 1.46. The summed E-state index contributed by atoms with van der Waals surface area (Å²) in [6.07, 6.45) is 5.06. The highest BCUT2D eigenvalue weighted by atomic mass is 32.2. The van der Waals surface area contributed by atoms with Crippen molar-refractivity contribution >= 4 is 29.2 Å². The molecule has 6 nitrogen and oxygen atoms in total. The first-order valence-corrected chi connectivity index (χ1v) is 8.80. The van der Waals surface area contributed by atoms with E-state index in [2.05, 4.69) is 4.98 Å². The lowest BCUT2D eigenvalue weighted by atomic mass is 9.92. The molecule has 1 amide bonds. The number of thioether (sulfide) groups is 1. The molecule has 0 radical (unpaired) electrons. The monoisotopic (exact) mass is 333 g/mol. The minimum atomic E-state index is -0.946. The fourth-order valence-electron chi connectivity index (χ4n) is 3.07. The molecule has 0 bridgehead atoms. The molecule has 2 aromatic heterocycles. The SMILES string of the molecule is CSc1nc(C(=O)N2CCC(C)CC2C(=O)O)c2ccccn12. The molecule has 0 aliphatic carbocycles.